The molecule has 2 aromatic carbocycles. The largest absolute Gasteiger partial charge is 0.496 e. The third-order valence-corrected chi connectivity index (χ3v) is 7.97. The first-order chi connectivity index (χ1) is 17.1. The zero-order valence-electron chi connectivity index (χ0n) is 20.8. The van der Waals surface area contributed by atoms with Gasteiger partial charge < -0.3 is 19.7 Å². The fourth-order valence-electron chi connectivity index (χ4n) is 5.88. The number of halogens is 4. The highest BCUT2D eigenvalue weighted by Crippen LogP contribution is 2.51. The van der Waals surface area contributed by atoms with Gasteiger partial charge in [0.05, 0.1) is 7.11 Å². The van der Waals surface area contributed by atoms with E-state index in [1.54, 1.807) is 25.1 Å². The van der Waals surface area contributed by atoms with Gasteiger partial charge in [0, 0.05) is 44.3 Å². The molecule has 2 saturated heterocycles. The Morgan fingerprint density at radius 3 is 2.31 bits per heavy atom. The number of rotatable bonds is 5. The second-order valence-electron chi connectivity index (χ2n) is 9.80. The summed E-state index contributed by atoms with van der Waals surface area (Å²) in [5, 5.41) is 3.39. The Kier molecular flexibility index (Phi) is 7.35. The maximum Gasteiger partial charge on any atom is 0.430 e. The molecule has 2 fully saturated rings. The van der Waals surface area contributed by atoms with Crippen LogP contribution in [0.3, 0.4) is 0 Å². The van der Waals surface area contributed by atoms with Crippen molar-refractivity contribution in [1.82, 2.24) is 10.2 Å². The number of piperidine rings is 2. The van der Waals surface area contributed by atoms with Crippen LogP contribution in [-0.4, -0.2) is 57.4 Å². The van der Waals surface area contributed by atoms with Crippen LogP contribution < -0.4 is 10.1 Å². The van der Waals surface area contributed by atoms with E-state index in [1.807, 2.05) is 0 Å². The van der Waals surface area contributed by atoms with Crippen LogP contribution in [0.2, 0.25) is 0 Å². The lowest BCUT2D eigenvalue weighted by Crippen LogP contribution is -2.59. The van der Waals surface area contributed by atoms with Crippen LogP contribution in [0.5, 0.6) is 5.75 Å². The summed E-state index contributed by atoms with van der Waals surface area (Å²) in [6, 6.07) is 10.2. The molecular formula is C27H32F4N2O3. The molecule has 0 aromatic heterocycles. The fraction of sp³-hybridized carbons (Fsp3) is 0.519. The number of carbonyl (C=O) groups excluding carboxylic acids is 1. The van der Waals surface area contributed by atoms with Gasteiger partial charge in [-0.15, -0.1) is 0 Å². The Hall–Kier alpha value is -2.65. The van der Waals surface area contributed by atoms with Gasteiger partial charge in [-0.1, -0.05) is 35.9 Å². The average molecular weight is 509 g/mol. The van der Waals surface area contributed by atoms with Crippen LogP contribution in [0.25, 0.3) is 0 Å². The van der Waals surface area contributed by atoms with E-state index < -0.39 is 23.5 Å². The Morgan fingerprint density at radius 2 is 1.72 bits per heavy atom. The summed E-state index contributed by atoms with van der Waals surface area (Å²) in [5.74, 6) is -1.06. The lowest BCUT2D eigenvalue weighted by Gasteiger charge is -2.51. The molecule has 1 N–H and O–H groups in total. The molecule has 2 aromatic rings. The number of likely N-dealkylation sites (tertiary alicyclic amines) is 1. The molecule has 9 heteroatoms. The molecule has 2 atom stereocenters. The van der Waals surface area contributed by atoms with E-state index in [-0.39, 0.29) is 30.0 Å². The summed E-state index contributed by atoms with van der Waals surface area (Å²) in [7, 11) is 2.43. The third kappa shape index (κ3) is 4.47. The molecule has 2 heterocycles. The number of hydrogen-bond acceptors (Lipinski definition) is 4. The van der Waals surface area contributed by atoms with Gasteiger partial charge in [-0.2, -0.15) is 13.2 Å². The molecule has 2 aliphatic heterocycles. The number of hydrogen-bond donors (Lipinski definition) is 1. The maximum atomic E-state index is 14.5. The molecule has 36 heavy (non-hydrogen) atoms. The summed E-state index contributed by atoms with van der Waals surface area (Å²) in [4.78, 5) is 14.8. The quantitative estimate of drug-likeness (QED) is 0.582. The van der Waals surface area contributed by atoms with Crippen molar-refractivity contribution < 1.29 is 31.8 Å². The van der Waals surface area contributed by atoms with E-state index in [0.29, 0.717) is 25.1 Å². The highest BCUT2D eigenvalue weighted by Gasteiger charge is 2.64. The summed E-state index contributed by atoms with van der Waals surface area (Å²) in [6.45, 7) is 3.52. The van der Waals surface area contributed by atoms with Gasteiger partial charge in [0.1, 0.15) is 11.6 Å². The number of benzene rings is 2. The van der Waals surface area contributed by atoms with Crippen LogP contribution in [0.1, 0.15) is 41.9 Å². The van der Waals surface area contributed by atoms with Crippen LogP contribution in [0.15, 0.2) is 42.5 Å². The predicted octanol–water partition coefficient (Wildman–Crippen LogP) is 4.93. The topological polar surface area (TPSA) is 50.8 Å². The Morgan fingerprint density at radius 1 is 1.06 bits per heavy atom. The molecule has 2 unspecified atom stereocenters. The van der Waals surface area contributed by atoms with Gasteiger partial charge in [-0.25, -0.2) is 4.39 Å². The number of ether oxygens (including phenoxy) is 2. The lowest BCUT2D eigenvalue weighted by atomic mass is 9.62. The highest BCUT2D eigenvalue weighted by atomic mass is 19.4. The molecule has 4 rings (SSSR count). The molecule has 1 spiro atoms. The molecule has 0 radical (unpaired) electrons. The number of aryl methyl sites for hydroxylation is 1. The molecular weight excluding hydrogens is 476 g/mol. The number of nitrogens with zero attached hydrogens (tertiary/aromatic N) is 1. The summed E-state index contributed by atoms with van der Waals surface area (Å²) >= 11 is 0. The van der Waals surface area contributed by atoms with Gasteiger partial charge in [0.15, 0.2) is 0 Å². The molecule has 5 nitrogen and oxygen atoms in total. The van der Waals surface area contributed by atoms with Gasteiger partial charge >= 0.3 is 6.18 Å². The van der Waals surface area contributed by atoms with Crippen molar-refractivity contribution in [2.75, 3.05) is 40.4 Å². The van der Waals surface area contributed by atoms with Gasteiger partial charge in [-0.05, 0) is 49.8 Å². The standard InChI is InChI=1S/C27H32F4N2O3/c1-18-4-6-19(7-5-18)26(36-3,27(29,30)31)24(34)33-14-11-25(12-15-33)10-13-32-17-22(25)21-9-8-20(28)16-23(21)35-2/h4-9,16,22,32H,10-15,17H2,1-3H3. The summed E-state index contributed by atoms with van der Waals surface area (Å²) in [6.07, 6.45) is -3.09. The average Bonchev–Trinajstić information content (AvgIpc) is 2.86. The minimum Gasteiger partial charge on any atom is -0.496 e. The van der Waals surface area contributed by atoms with E-state index in [1.165, 1.54) is 36.3 Å². The maximum absolute atomic E-state index is 14.5. The molecule has 0 aliphatic carbocycles. The minimum atomic E-state index is -4.94. The SMILES string of the molecule is COc1cc(F)ccc1C1CNCCC12CCN(C(=O)C(OC)(c1ccc(C)cc1)C(F)(F)F)CC2. The first-order valence-corrected chi connectivity index (χ1v) is 12.1. The predicted molar refractivity (Wildman–Crippen MR) is 127 cm³/mol. The van der Waals surface area contributed by atoms with Crippen molar-refractivity contribution in [1.29, 1.82) is 0 Å². The minimum absolute atomic E-state index is 0.0223. The lowest BCUT2D eigenvalue weighted by molar-refractivity contribution is -0.271. The zero-order chi connectivity index (χ0) is 26.1. The Bertz CT molecular complexity index is 1080. The first kappa shape index (κ1) is 26.4. The molecule has 0 bridgehead atoms. The monoisotopic (exact) mass is 508 g/mol. The van der Waals surface area contributed by atoms with E-state index >= 15 is 0 Å². The van der Waals surface area contributed by atoms with E-state index in [4.69, 9.17) is 9.47 Å². The summed E-state index contributed by atoms with van der Waals surface area (Å²) in [5.41, 5.74) is -1.90. The smallest absolute Gasteiger partial charge is 0.430 e. The van der Waals surface area contributed by atoms with Gasteiger partial charge in [0.2, 0.25) is 0 Å². The molecule has 1 amide bonds. The van der Waals surface area contributed by atoms with E-state index in [9.17, 15) is 22.4 Å². The number of alkyl halides is 3. The van der Waals surface area contributed by atoms with E-state index in [2.05, 4.69) is 5.32 Å². The Balaban J connectivity index is 1.62. The number of methoxy groups -OCH3 is 2. The second kappa shape index (κ2) is 10.0. The zero-order valence-corrected chi connectivity index (χ0v) is 20.8. The van der Waals surface area contributed by atoms with Crippen molar-refractivity contribution in [3.63, 3.8) is 0 Å². The summed E-state index contributed by atoms with van der Waals surface area (Å²) < 4.78 is 67.8. The van der Waals surface area contributed by atoms with Crippen LogP contribution in [0, 0.1) is 18.2 Å². The van der Waals surface area contributed by atoms with Crippen LogP contribution >= 0.6 is 0 Å². The van der Waals surface area contributed by atoms with E-state index in [0.717, 1.165) is 31.2 Å². The molecule has 0 saturated carbocycles. The van der Waals surface area contributed by atoms with Crippen LogP contribution in [-0.2, 0) is 15.1 Å². The molecule has 196 valence electrons. The van der Waals surface area contributed by atoms with Gasteiger partial charge in [-0.3, -0.25) is 4.79 Å². The van der Waals surface area contributed by atoms with Crippen LogP contribution in [0.4, 0.5) is 17.6 Å². The van der Waals surface area contributed by atoms with Crippen molar-refractivity contribution in [2.45, 2.75) is 43.9 Å². The van der Waals surface area contributed by atoms with Crippen molar-refractivity contribution in [2.24, 2.45) is 5.41 Å². The number of amides is 1. The fourth-order valence-corrected chi connectivity index (χ4v) is 5.88. The van der Waals surface area contributed by atoms with Gasteiger partial charge in [0.25, 0.3) is 11.5 Å². The molecule has 2 aliphatic rings. The van der Waals surface area contributed by atoms with Crippen molar-refractivity contribution in [3.05, 3.63) is 65.0 Å². The highest BCUT2D eigenvalue weighted by molar-refractivity contribution is 5.88. The normalized spacial score (nSPS) is 21.8. The van der Waals surface area contributed by atoms with Crippen molar-refractivity contribution >= 4 is 5.91 Å². The number of nitrogens with one attached hydrogen (secondary N) is 1. The third-order valence-electron chi connectivity index (χ3n) is 7.97. The Labute approximate surface area is 208 Å². The van der Waals surface area contributed by atoms with Crippen molar-refractivity contribution in [3.8, 4) is 5.75 Å². The second-order valence-corrected chi connectivity index (χ2v) is 9.80. The first-order valence-electron chi connectivity index (χ1n) is 12.1. The number of carbonyl (C=O) groups is 1.